The summed E-state index contributed by atoms with van der Waals surface area (Å²) < 4.78 is 0.994. The molecule has 1 aromatic rings. The summed E-state index contributed by atoms with van der Waals surface area (Å²) in [6.45, 7) is 4.45. The monoisotopic (exact) mass is 324 g/mol. The molecule has 0 saturated carbocycles. The molecule has 1 unspecified atom stereocenters. The molecule has 1 saturated heterocycles. The first kappa shape index (κ1) is 14.5. The van der Waals surface area contributed by atoms with Gasteiger partial charge >= 0.3 is 0 Å². The van der Waals surface area contributed by atoms with Crippen molar-refractivity contribution in [2.75, 3.05) is 19.6 Å². The SMILES string of the molecule is Cc1ccc(C(=O)N2CCCC(CCN)C2)cc1Br. The van der Waals surface area contributed by atoms with Gasteiger partial charge in [-0.3, -0.25) is 4.79 Å². The minimum Gasteiger partial charge on any atom is -0.338 e. The van der Waals surface area contributed by atoms with Gasteiger partial charge in [-0.15, -0.1) is 0 Å². The Labute approximate surface area is 123 Å². The minimum atomic E-state index is 0.141. The number of nitrogens with two attached hydrogens (primary N) is 1. The molecule has 1 amide bonds. The number of aryl methyl sites for hydroxylation is 1. The van der Waals surface area contributed by atoms with E-state index < -0.39 is 0 Å². The van der Waals surface area contributed by atoms with Gasteiger partial charge in [-0.1, -0.05) is 22.0 Å². The number of rotatable bonds is 3. The number of hydrogen-bond donors (Lipinski definition) is 1. The molecule has 1 aliphatic heterocycles. The quantitative estimate of drug-likeness (QED) is 0.929. The van der Waals surface area contributed by atoms with Gasteiger partial charge < -0.3 is 10.6 Å². The fourth-order valence-electron chi connectivity index (χ4n) is 2.63. The molecule has 1 fully saturated rings. The summed E-state index contributed by atoms with van der Waals surface area (Å²) in [6.07, 6.45) is 3.30. The van der Waals surface area contributed by atoms with Crippen LogP contribution in [0.1, 0.15) is 35.2 Å². The molecule has 104 valence electrons. The van der Waals surface area contributed by atoms with Gasteiger partial charge in [-0.25, -0.2) is 0 Å². The number of likely N-dealkylation sites (tertiary alicyclic amines) is 1. The highest BCUT2D eigenvalue weighted by Crippen LogP contribution is 2.23. The van der Waals surface area contributed by atoms with Crippen molar-refractivity contribution in [2.24, 2.45) is 11.7 Å². The lowest BCUT2D eigenvalue weighted by molar-refractivity contribution is 0.0669. The Morgan fingerprint density at radius 3 is 3.00 bits per heavy atom. The van der Waals surface area contributed by atoms with E-state index in [0.717, 1.165) is 41.5 Å². The molecule has 3 nitrogen and oxygen atoms in total. The Morgan fingerprint density at radius 1 is 1.53 bits per heavy atom. The maximum Gasteiger partial charge on any atom is 0.253 e. The molecule has 1 heterocycles. The van der Waals surface area contributed by atoms with Gasteiger partial charge in [0.1, 0.15) is 0 Å². The van der Waals surface area contributed by atoms with Crippen molar-refractivity contribution in [3.8, 4) is 0 Å². The molecule has 0 bridgehead atoms. The van der Waals surface area contributed by atoms with Crippen LogP contribution in [0, 0.1) is 12.8 Å². The molecule has 0 radical (unpaired) electrons. The van der Waals surface area contributed by atoms with Crippen molar-refractivity contribution in [1.29, 1.82) is 0 Å². The van der Waals surface area contributed by atoms with Gasteiger partial charge in [0.2, 0.25) is 0 Å². The lowest BCUT2D eigenvalue weighted by atomic mass is 9.94. The second-order valence-electron chi connectivity index (χ2n) is 5.30. The van der Waals surface area contributed by atoms with Crippen LogP contribution in [-0.2, 0) is 0 Å². The Morgan fingerprint density at radius 2 is 2.32 bits per heavy atom. The van der Waals surface area contributed by atoms with Crippen LogP contribution in [0.3, 0.4) is 0 Å². The zero-order valence-electron chi connectivity index (χ0n) is 11.4. The second-order valence-corrected chi connectivity index (χ2v) is 6.16. The lowest BCUT2D eigenvalue weighted by Gasteiger charge is -2.32. The third-order valence-electron chi connectivity index (χ3n) is 3.80. The Balaban J connectivity index is 2.08. The third-order valence-corrected chi connectivity index (χ3v) is 4.65. The first-order valence-electron chi connectivity index (χ1n) is 6.87. The second kappa shape index (κ2) is 6.53. The summed E-state index contributed by atoms with van der Waals surface area (Å²) in [4.78, 5) is 14.5. The molecule has 2 N–H and O–H groups in total. The predicted molar refractivity (Wildman–Crippen MR) is 81.2 cm³/mol. The van der Waals surface area contributed by atoms with E-state index in [9.17, 15) is 4.79 Å². The summed E-state index contributed by atoms with van der Waals surface area (Å²) in [6, 6.07) is 5.82. The summed E-state index contributed by atoms with van der Waals surface area (Å²) >= 11 is 3.49. The van der Waals surface area contributed by atoms with Crippen LogP contribution in [0.15, 0.2) is 22.7 Å². The highest BCUT2D eigenvalue weighted by molar-refractivity contribution is 9.10. The van der Waals surface area contributed by atoms with E-state index in [4.69, 9.17) is 5.73 Å². The zero-order chi connectivity index (χ0) is 13.8. The highest BCUT2D eigenvalue weighted by atomic mass is 79.9. The van der Waals surface area contributed by atoms with Gasteiger partial charge in [0.15, 0.2) is 0 Å². The minimum absolute atomic E-state index is 0.141. The largest absolute Gasteiger partial charge is 0.338 e. The van der Waals surface area contributed by atoms with Gasteiger partial charge in [-0.05, 0) is 56.3 Å². The number of halogens is 1. The van der Waals surface area contributed by atoms with E-state index in [1.165, 1.54) is 6.42 Å². The van der Waals surface area contributed by atoms with Crippen molar-refractivity contribution in [3.05, 3.63) is 33.8 Å². The van der Waals surface area contributed by atoms with Crippen molar-refractivity contribution in [1.82, 2.24) is 4.90 Å². The molecular weight excluding hydrogens is 304 g/mol. The highest BCUT2D eigenvalue weighted by Gasteiger charge is 2.24. The van der Waals surface area contributed by atoms with Gasteiger partial charge in [0.05, 0.1) is 0 Å². The van der Waals surface area contributed by atoms with Crippen molar-refractivity contribution in [2.45, 2.75) is 26.2 Å². The topological polar surface area (TPSA) is 46.3 Å². The van der Waals surface area contributed by atoms with Crippen molar-refractivity contribution in [3.63, 3.8) is 0 Å². The van der Waals surface area contributed by atoms with Gasteiger partial charge in [-0.2, -0.15) is 0 Å². The number of piperidine rings is 1. The molecule has 1 atom stereocenters. The number of carbonyl (C=O) groups is 1. The van der Waals surface area contributed by atoms with E-state index in [2.05, 4.69) is 15.9 Å². The zero-order valence-corrected chi connectivity index (χ0v) is 12.9. The molecule has 1 aromatic carbocycles. The molecule has 19 heavy (non-hydrogen) atoms. The van der Waals surface area contributed by atoms with Crippen LogP contribution < -0.4 is 5.73 Å². The smallest absolute Gasteiger partial charge is 0.253 e. The lowest BCUT2D eigenvalue weighted by Crippen LogP contribution is -2.40. The fourth-order valence-corrected chi connectivity index (χ4v) is 3.01. The Bertz CT molecular complexity index is 459. The molecule has 2 rings (SSSR count). The van der Waals surface area contributed by atoms with Crippen LogP contribution in [0.4, 0.5) is 0 Å². The molecule has 0 aromatic heterocycles. The van der Waals surface area contributed by atoms with Crippen LogP contribution in [0.5, 0.6) is 0 Å². The third kappa shape index (κ3) is 3.57. The maximum absolute atomic E-state index is 12.5. The van der Waals surface area contributed by atoms with Crippen LogP contribution in [0.25, 0.3) is 0 Å². The normalized spacial score (nSPS) is 19.5. The van der Waals surface area contributed by atoms with Crippen LogP contribution in [0.2, 0.25) is 0 Å². The number of amides is 1. The number of nitrogens with zero attached hydrogens (tertiary/aromatic N) is 1. The van der Waals surface area contributed by atoms with Crippen LogP contribution in [-0.4, -0.2) is 30.4 Å². The molecule has 1 aliphatic rings. The van der Waals surface area contributed by atoms with E-state index >= 15 is 0 Å². The number of benzene rings is 1. The number of carbonyl (C=O) groups excluding carboxylic acids is 1. The molecule has 0 aliphatic carbocycles. The van der Waals surface area contributed by atoms with Crippen LogP contribution >= 0.6 is 15.9 Å². The first-order chi connectivity index (χ1) is 9.11. The van der Waals surface area contributed by atoms with Crippen molar-refractivity contribution >= 4 is 21.8 Å². The van der Waals surface area contributed by atoms with Gasteiger partial charge in [0.25, 0.3) is 5.91 Å². The molecule has 0 spiro atoms. The average Bonchev–Trinajstić information content (AvgIpc) is 2.42. The first-order valence-corrected chi connectivity index (χ1v) is 7.66. The van der Waals surface area contributed by atoms with E-state index in [0.29, 0.717) is 12.5 Å². The predicted octanol–water partition coefficient (Wildman–Crippen LogP) is 2.96. The Hall–Kier alpha value is -0.870. The maximum atomic E-state index is 12.5. The van der Waals surface area contributed by atoms with E-state index in [1.54, 1.807) is 0 Å². The number of hydrogen-bond acceptors (Lipinski definition) is 2. The summed E-state index contributed by atoms with van der Waals surface area (Å²) in [5.74, 6) is 0.707. The standard InChI is InChI=1S/C15H21BrN2O/c1-11-4-5-13(9-14(11)16)15(19)18-8-2-3-12(10-18)6-7-17/h4-5,9,12H,2-3,6-8,10,17H2,1H3. The van der Waals surface area contributed by atoms with Crippen molar-refractivity contribution < 1.29 is 4.79 Å². The Kier molecular flexibility index (Phi) is 4.99. The van der Waals surface area contributed by atoms with Gasteiger partial charge in [0, 0.05) is 23.1 Å². The molecular formula is C15H21BrN2O. The van der Waals surface area contributed by atoms with E-state index in [1.807, 2.05) is 30.0 Å². The average molecular weight is 325 g/mol. The summed E-state index contributed by atoms with van der Waals surface area (Å²) in [7, 11) is 0. The molecule has 4 heteroatoms. The van der Waals surface area contributed by atoms with E-state index in [-0.39, 0.29) is 5.91 Å². The summed E-state index contributed by atoms with van der Waals surface area (Å²) in [5, 5.41) is 0. The fraction of sp³-hybridized carbons (Fsp3) is 0.533. The summed E-state index contributed by atoms with van der Waals surface area (Å²) in [5.41, 5.74) is 7.54.